The summed E-state index contributed by atoms with van der Waals surface area (Å²) in [6.45, 7) is 3.04. The highest BCUT2D eigenvalue weighted by Gasteiger charge is 2.20. The van der Waals surface area contributed by atoms with Gasteiger partial charge in [0.2, 0.25) is 0 Å². The van der Waals surface area contributed by atoms with Crippen LogP contribution in [0.2, 0.25) is 5.02 Å². The Morgan fingerprint density at radius 2 is 2.08 bits per heavy atom. The first-order chi connectivity index (χ1) is 11.8. The average Bonchev–Trinajstić information content (AvgIpc) is 2.88. The number of ether oxygens (including phenoxy) is 1. The molecule has 1 heterocycles. The highest BCUT2D eigenvalue weighted by molar-refractivity contribution is 7.21. The van der Waals surface area contributed by atoms with Crippen LogP contribution in [0.1, 0.15) is 29.9 Å². The number of carbonyl (C=O) groups excluding carboxylic acids is 3. The van der Waals surface area contributed by atoms with Gasteiger partial charge in [-0.05, 0) is 31.5 Å². The van der Waals surface area contributed by atoms with Gasteiger partial charge >= 0.3 is 12.0 Å². The van der Waals surface area contributed by atoms with Crippen LogP contribution in [0.5, 0.6) is 0 Å². The molecule has 0 aliphatic carbocycles. The number of carbonyl (C=O) groups is 3. The van der Waals surface area contributed by atoms with E-state index in [-0.39, 0.29) is 15.9 Å². The summed E-state index contributed by atoms with van der Waals surface area (Å²) in [6.07, 6.45) is 0.710. The van der Waals surface area contributed by atoms with E-state index in [1.54, 1.807) is 6.92 Å². The Hall–Kier alpha value is -2.19. The summed E-state index contributed by atoms with van der Waals surface area (Å²) < 4.78 is 18.6. The van der Waals surface area contributed by atoms with Gasteiger partial charge in [0.05, 0.1) is 5.02 Å². The maximum Gasteiger partial charge on any atom is 0.350 e. The van der Waals surface area contributed by atoms with Gasteiger partial charge in [-0.2, -0.15) is 0 Å². The van der Waals surface area contributed by atoms with Crippen LogP contribution in [0.4, 0.5) is 9.18 Å². The van der Waals surface area contributed by atoms with E-state index in [1.807, 2.05) is 6.92 Å². The number of nitrogens with one attached hydrogen (secondary N) is 2. The number of urea groups is 1. The third-order valence-electron chi connectivity index (χ3n) is 3.35. The van der Waals surface area contributed by atoms with Crippen LogP contribution < -0.4 is 10.6 Å². The van der Waals surface area contributed by atoms with E-state index in [1.165, 1.54) is 18.2 Å². The molecule has 2 aromatic rings. The molecule has 0 spiro atoms. The minimum Gasteiger partial charge on any atom is -0.451 e. The molecule has 0 fully saturated rings. The van der Waals surface area contributed by atoms with Crippen molar-refractivity contribution in [2.45, 2.75) is 26.3 Å². The molecule has 1 aromatic heterocycles. The number of esters is 1. The molecule has 2 rings (SSSR count). The Morgan fingerprint density at radius 1 is 1.36 bits per heavy atom. The summed E-state index contributed by atoms with van der Waals surface area (Å²) in [5, 5.41) is 5.27. The van der Waals surface area contributed by atoms with E-state index in [2.05, 4.69) is 10.6 Å². The van der Waals surface area contributed by atoms with Gasteiger partial charge in [0.25, 0.3) is 5.91 Å². The number of imide groups is 1. The van der Waals surface area contributed by atoms with Crippen LogP contribution in [-0.2, 0) is 9.53 Å². The van der Waals surface area contributed by atoms with Crippen LogP contribution in [0.15, 0.2) is 18.2 Å². The lowest BCUT2D eigenvalue weighted by atomic mass is 10.2. The van der Waals surface area contributed by atoms with Gasteiger partial charge in [-0.15, -0.1) is 11.3 Å². The van der Waals surface area contributed by atoms with E-state index in [0.29, 0.717) is 16.5 Å². The fourth-order valence-corrected chi connectivity index (χ4v) is 3.32. The number of halogens is 2. The van der Waals surface area contributed by atoms with Crippen LogP contribution in [0, 0.1) is 5.82 Å². The highest BCUT2D eigenvalue weighted by Crippen LogP contribution is 2.36. The molecule has 3 amide bonds. The van der Waals surface area contributed by atoms with E-state index < -0.39 is 30.3 Å². The van der Waals surface area contributed by atoms with Crippen molar-refractivity contribution in [1.29, 1.82) is 0 Å². The number of benzene rings is 1. The molecule has 134 valence electrons. The maximum absolute atomic E-state index is 13.2. The fraction of sp³-hybridized carbons (Fsp3) is 0.312. The summed E-state index contributed by atoms with van der Waals surface area (Å²) in [5.41, 5.74) is 0. The van der Waals surface area contributed by atoms with Crippen molar-refractivity contribution in [3.63, 3.8) is 0 Å². The molecule has 9 heteroatoms. The number of fused-ring (bicyclic) bond motifs is 1. The summed E-state index contributed by atoms with van der Waals surface area (Å²) in [4.78, 5) is 35.3. The van der Waals surface area contributed by atoms with E-state index in [4.69, 9.17) is 16.3 Å². The van der Waals surface area contributed by atoms with Crippen LogP contribution in [-0.4, -0.2) is 30.6 Å². The average molecular weight is 387 g/mol. The second-order valence-electron chi connectivity index (χ2n) is 5.29. The topological polar surface area (TPSA) is 84.5 Å². The Balaban J connectivity index is 1.95. The van der Waals surface area contributed by atoms with Gasteiger partial charge in [-0.3, -0.25) is 10.1 Å². The molecule has 25 heavy (non-hydrogen) atoms. The van der Waals surface area contributed by atoms with Crippen molar-refractivity contribution in [3.8, 4) is 0 Å². The molecule has 0 aliphatic rings. The first kappa shape index (κ1) is 19.1. The highest BCUT2D eigenvalue weighted by atomic mass is 35.5. The number of rotatable bonds is 5. The van der Waals surface area contributed by atoms with E-state index >= 15 is 0 Å². The van der Waals surface area contributed by atoms with Crippen molar-refractivity contribution in [2.24, 2.45) is 0 Å². The predicted octanol–water partition coefficient (Wildman–Crippen LogP) is 3.47. The third kappa shape index (κ3) is 4.90. The second kappa shape index (κ2) is 8.26. The monoisotopic (exact) mass is 386 g/mol. The quantitative estimate of drug-likeness (QED) is 0.770. The SMILES string of the molecule is CC[C@H](C)NC(=O)NC(=O)COC(=O)c1sc2cc(F)ccc2c1Cl. The molecule has 1 aromatic carbocycles. The number of thiophene rings is 1. The Bertz CT molecular complexity index is 824. The summed E-state index contributed by atoms with van der Waals surface area (Å²) in [7, 11) is 0. The molecule has 1 atom stereocenters. The number of amides is 3. The fourth-order valence-electron chi connectivity index (χ4n) is 1.89. The minimum absolute atomic E-state index is 0.0686. The van der Waals surface area contributed by atoms with Gasteiger partial charge < -0.3 is 10.1 Å². The number of hydrogen-bond acceptors (Lipinski definition) is 5. The van der Waals surface area contributed by atoms with Gasteiger partial charge in [0, 0.05) is 16.1 Å². The standard InChI is InChI=1S/C16H16ClFN2O4S/c1-3-8(2)19-16(23)20-12(21)7-24-15(22)14-13(17)10-5-4-9(18)6-11(10)25-14/h4-6,8H,3,7H2,1-2H3,(H2,19,20,21,23)/t8-/m0/s1. The lowest BCUT2D eigenvalue weighted by molar-refractivity contribution is -0.123. The molecule has 2 N–H and O–H groups in total. The van der Waals surface area contributed by atoms with Crippen molar-refractivity contribution >= 4 is 50.9 Å². The van der Waals surface area contributed by atoms with Crippen LogP contribution in [0.3, 0.4) is 0 Å². The lowest BCUT2D eigenvalue weighted by Gasteiger charge is -2.11. The molecule has 6 nitrogen and oxygen atoms in total. The zero-order valence-electron chi connectivity index (χ0n) is 13.5. The predicted molar refractivity (Wildman–Crippen MR) is 93.5 cm³/mol. The first-order valence-electron chi connectivity index (χ1n) is 7.46. The van der Waals surface area contributed by atoms with Gasteiger partial charge in [0.1, 0.15) is 10.7 Å². The minimum atomic E-state index is -0.816. The Kier molecular flexibility index (Phi) is 6.33. The maximum atomic E-state index is 13.2. The smallest absolute Gasteiger partial charge is 0.350 e. The Labute approximate surface area is 152 Å². The molecule has 0 bridgehead atoms. The molecular weight excluding hydrogens is 371 g/mol. The van der Waals surface area contributed by atoms with Crippen molar-refractivity contribution in [3.05, 3.63) is 33.9 Å². The zero-order chi connectivity index (χ0) is 18.6. The van der Waals surface area contributed by atoms with E-state index in [0.717, 1.165) is 11.3 Å². The summed E-state index contributed by atoms with van der Waals surface area (Å²) in [5.74, 6) is -2.03. The van der Waals surface area contributed by atoms with Crippen molar-refractivity contribution in [2.75, 3.05) is 6.61 Å². The summed E-state index contributed by atoms with van der Waals surface area (Å²) >= 11 is 7.07. The van der Waals surface area contributed by atoms with Crippen LogP contribution >= 0.6 is 22.9 Å². The van der Waals surface area contributed by atoms with Crippen molar-refractivity contribution < 1.29 is 23.5 Å². The third-order valence-corrected chi connectivity index (χ3v) is 4.99. The van der Waals surface area contributed by atoms with Gasteiger partial charge in [-0.1, -0.05) is 18.5 Å². The molecule has 0 saturated carbocycles. The largest absolute Gasteiger partial charge is 0.451 e. The molecule has 0 radical (unpaired) electrons. The van der Waals surface area contributed by atoms with Gasteiger partial charge in [0.15, 0.2) is 6.61 Å². The van der Waals surface area contributed by atoms with Crippen molar-refractivity contribution in [1.82, 2.24) is 10.6 Å². The van der Waals surface area contributed by atoms with Crippen LogP contribution in [0.25, 0.3) is 10.1 Å². The Morgan fingerprint density at radius 3 is 2.76 bits per heavy atom. The molecule has 0 aliphatic heterocycles. The zero-order valence-corrected chi connectivity index (χ0v) is 15.1. The normalized spacial score (nSPS) is 11.8. The number of hydrogen-bond donors (Lipinski definition) is 2. The molecular formula is C16H16ClFN2O4S. The second-order valence-corrected chi connectivity index (χ2v) is 6.72. The van der Waals surface area contributed by atoms with E-state index in [9.17, 15) is 18.8 Å². The van der Waals surface area contributed by atoms with Gasteiger partial charge in [-0.25, -0.2) is 14.0 Å². The lowest BCUT2D eigenvalue weighted by Crippen LogP contribution is -2.44. The summed E-state index contributed by atoms with van der Waals surface area (Å²) in [6, 6.07) is 3.21. The first-order valence-corrected chi connectivity index (χ1v) is 8.66. The molecule has 0 saturated heterocycles. The molecule has 0 unspecified atom stereocenters.